The van der Waals surface area contributed by atoms with Crippen molar-refractivity contribution in [2.45, 2.75) is 44.1 Å². The Morgan fingerprint density at radius 1 is 1.00 bits per heavy atom. The molecule has 1 aliphatic carbocycles. The van der Waals surface area contributed by atoms with Crippen molar-refractivity contribution >= 4 is 0 Å². The molecule has 0 N–H and O–H groups in total. The molecule has 4 rings (SSSR count). The fourth-order valence-corrected chi connectivity index (χ4v) is 4.97. The van der Waals surface area contributed by atoms with Crippen LogP contribution < -0.4 is 9.47 Å². The van der Waals surface area contributed by atoms with Gasteiger partial charge in [0, 0.05) is 18.2 Å². The Labute approximate surface area is 156 Å². The predicted molar refractivity (Wildman–Crippen MR) is 105 cm³/mol. The van der Waals surface area contributed by atoms with Crippen molar-refractivity contribution in [2.75, 3.05) is 27.3 Å². The lowest BCUT2D eigenvalue weighted by Crippen LogP contribution is -2.47. The van der Waals surface area contributed by atoms with E-state index in [-0.39, 0.29) is 0 Å². The first-order chi connectivity index (χ1) is 12.8. The van der Waals surface area contributed by atoms with Crippen LogP contribution in [0.5, 0.6) is 11.5 Å². The maximum Gasteiger partial charge on any atom is 0.164 e. The number of rotatable bonds is 5. The van der Waals surface area contributed by atoms with Crippen LogP contribution in [-0.2, 0) is 12.8 Å². The molecule has 2 aromatic carbocycles. The summed E-state index contributed by atoms with van der Waals surface area (Å²) >= 11 is 0. The molecule has 0 aromatic heterocycles. The van der Waals surface area contributed by atoms with Gasteiger partial charge in [0.2, 0.25) is 0 Å². The highest BCUT2D eigenvalue weighted by molar-refractivity contribution is 5.53. The van der Waals surface area contributed by atoms with E-state index < -0.39 is 0 Å². The molecular weight excluding hydrogens is 322 g/mol. The molecule has 1 fully saturated rings. The van der Waals surface area contributed by atoms with E-state index in [9.17, 15) is 0 Å². The number of ether oxygens (including phenoxy) is 2. The summed E-state index contributed by atoms with van der Waals surface area (Å²) in [6.45, 7) is 2.39. The number of benzene rings is 2. The summed E-state index contributed by atoms with van der Waals surface area (Å²) in [7, 11) is 3.49. The van der Waals surface area contributed by atoms with Crippen LogP contribution in [0.25, 0.3) is 0 Å². The molecule has 1 aliphatic heterocycles. The Hall–Kier alpha value is -2.00. The lowest BCUT2D eigenvalue weighted by Gasteiger charge is -2.45. The molecule has 0 radical (unpaired) electrons. The van der Waals surface area contributed by atoms with Gasteiger partial charge in [0.15, 0.2) is 11.5 Å². The first-order valence-electron chi connectivity index (χ1n) is 9.83. The summed E-state index contributed by atoms with van der Waals surface area (Å²) in [5.74, 6) is 2.44. The number of methoxy groups -OCH3 is 2. The second-order valence-electron chi connectivity index (χ2n) is 7.50. The summed E-state index contributed by atoms with van der Waals surface area (Å²) in [6.07, 6.45) is 6.01. The quantitative estimate of drug-likeness (QED) is 0.795. The maximum absolute atomic E-state index is 5.71. The minimum atomic E-state index is 0.628. The third kappa shape index (κ3) is 3.21. The van der Waals surface area contributed by atoms with Gasteiger partial charge in [-0.2, -0.15) is 0 Å². The van der Waals surface area contributed by atoms with E-state index in [2.05, 4.69) is 47.4 Å². The van der Waals surface area contributed by atoms with Gasteiger partial charge in [-0.25, -0.2) is 0 Å². The van der Waals surface area contributed by atoms with Gasteiger partial charge in [0.25, 0.3) is 0 Å². The van der Waals surface area contributed by atoms with Crippen LogP contribution in [0.3, 0.4) is 0 Å². The Bertz CT molecular complexity index is 743. The van der Waals surface area contributed by atoms with E-state index in [1.807, 2.05) is 0 Å². The third-order valence-corrected chi connectivity index (χ3v) is 6.20. The van der Waals surface area contributed by atoms with Gasteiger partial charge >= 0.3 is 0 Å². The molecule has 2 unspecified atom stereocenters. The predicted octanol–water partition coefficient (Wildman–Crippen LogP) is 4.44. The Morgan fingerprint density at radius 2 is 1.85 bits per heavy atom. The van der Waals surface area contributed by atoms with Crippen LogP contribution in [0.1, 0.15) is 41.9 Å². The van der Waals surface area contributed by atoms with Crippen LogP contribution >= 0.6 is 0 Å². The lowest BCUT2D eigenvalue weighted by molar-refractivity contribution is 0.113. The number of nitrogens with zero attached hydrogens (tertiary/aromatic N) is 1. The zero-order chi connectivity index (χ0) is 17.9. The van der Waals surface area contributed by atoms with Crippen molar-refractivity contribution in [1.82, 2.24) is 4.90 Å². The monoisotopic (exact) mass is 351 g/mol. The van der Waals surface area contributed by atoms with E-state index in [4.69, 9.17) is 9.47 Å². The van der Waals surface area contributed by atoms with E-state index in [0.717, 1.165) is 30.9 Å². The number of hydrogen-bond acceptors (Lipinski definition) is 3. The Kier molecular flexibility index (Phi) is 5.16. The average Bonchev–Trinajstić information content (AvgIpc) is 2.71. The Balaban J connectivity index is 1.54. The number of hydrogen-bond donors (Lipinski definition) is 0. The van der Waals surface area contributed by atoms with Crippen molar-refractivity contribution < 1.29 is 9.47 Å². The fraction of sp³-hybridized carbons (Fsp3) is 0.478. The van der Waals surface area contributed by atoms with Crippen LogP contribution in [-0.4, -0.2) is 38.3 Å². The maximum atomic E-state index is 5.71. The van der Waals surface area contributed by atoms with Gasteiger partial charge in [0.1, 0.15) is 0 Å². The van der Waals surface area contributed by atoms with Crippen LogP contribution in [0, 0.1) is 0 Å². The van der Waals surface area contributed by atoms with Crippen LogP contribution in [0.15, 0.2) is 42.5 Å². The van der Waals surface area contributed by atoms with Gasteiger partial charge in [-0.1, -0.05) is 36.4 Å². The molecule has 2 atom stereocenters. The molecule has 138 valence electrons. The first kappa shape index (κ1) is 17.4. The molecule has 1 heterocycles. The lowest BCUT2D eigenvalue weighted by atomic mass is 9.74. The second-order valence-corrected chi connectivity index (χ2v) is 7.50. The molecule has 3 nitrogen and oxygen atoms in total. The highest BCUT2D eigenvalue weighted by Crippen LogP contribution is 2.46. The van der Waals surface area contributed by atoms with E-state index >= 15 is 0 Å². The van der Waals surface area contributed by atoms with E-state index in [1.54, 1.807) is 14.2 Å². The summed E-state index contributed by atoms with van der Waals surface area (Å²) in [4.78, 5) is 2.74. The van der Waals surface area contributed by atoms with Gasteiger partial charge in [-0.3, -0.25) is 4.90 Å². The molecule has 1 saturated heterocycles. The average molecular weight is 351 g/mol. The molecule has 0 saturated carbocycles. The molecule has 3 heteroatoms. The normalized spacial score (nSPS) is 22.4. The highest BCUT2D eigenvalue weighted by Gasteiger charge is 2.37. The van der Waals surface area contributed by atoms with Crippen LogP contribution in [0.2, 0.25) is 0 Å². The summed E-state index contributed by atoms with van der Waals surface area (Å²) in [5, 5.41) is 0. The van der Waals surface area contributed by atoms with Crippen molar-refractivity contribution in [3.63, 3.8) is 0 Å². The number of likely N-dealkylation sites (tertiary alicyclic amines) is 1. The minimum Gasteiger partial charge on any atom is -0.493 e. The van der Waals surface area contributed by atoms with E-state index in [1.165, 1.54) is 42.5 Å². The van der Waals surface area contributed by atoms with Crippen LogP contribution in [0.4, 0.5) is 0 Å². The van der Waals surface area contributed by atoms with Crippen molar-refractivity contribution in [2.24, 2.45) is 0 Å². The SMILES string of the molecule is COc1ccc2c(c1OC)CCC1C2CCCN1CCc1ccccc1. The topological polar surface area (TPSA) is 21.7 Å². The van der Waals surface area contributed by atoms with Crippen molar-refractivity contribution in [1.29, 1.82) is 0 Å². The molecule has 0 spiro atoms. The van der Waals surface area contributed by atoms with Crippen molar-refractivity contribution in [3.05, 3.63) is 59.2 Å². The fourth-order valence-electron chi connectivity index (χ4n) is 4.97. The first-order valence-corrected chi connectivity index (χ1v) is 9.83. The van der Waals surface area contributed by atoms with Gasteiger partial charge < -0.3 is 9.47 Å². The van der Waals surface area contributed by atoms with Crippen molar-refractivity contribution in [3.8, 4) is 11.5 Å². The van der Waals surface area contributed by atoms with Gasteiger partial charge in [-0.15, -0.1) is 0 Å². The largest absolute Gasteiger partial charge is 0.493 e. The molecule has 2 aliphatic rings. The smallest absolute Gasteiger partial charge is 0.164 e. The molecular formula is C23H29NO2. The number of piperidine rings is 1. The number of fused-ring (bicyclic) bond motifs is 3. The third-order valence-electron chi connectivity index (χ3n) is 6.20. The summed E-state index contributed by atoms with van der Waals surface area (Å²) in [5.41, 5.74) is 4.30. The second kappa shape index (κ2) is 7.71. The zero-order valence-electron chi connectivity index (χ0n) is 15.9. The summed E-state index contributed by atoms with van der Waals surface area (Å²) < 4.78 is 11.2. The molecule has 26 heavy (non-hydrogen) atoms. The zero-order valence-corrected chi connectivity index (χ0v) is 15.9. The van der Waals surface area contributed by atoms with Gasteiger partial charge in [0.05, 0.1) is 14.2 Å². The van der Waals surface area contributed by atoms with E-state index in [0.29, 0.717) is 12.0 Å². The molecule has 0 bridgehead atoms. The van der Waals surface area contributed by atoms with Gasteiger partial charge in [-0.05, 0) is 61.8 Å². The minimum absolute atomic E-state index is 0.628. The molecule has 0 amide bonds. The summed E-state index contributed by atoms with van der Waals surface area (Å²) in [6, 6.07) is 15.9. The highest BCUT2D eigenvalue weighted by atomic mass is 16.5. The standard InChI is InChI=1S/C23H29NO2/c1-25-22-13-11-18-19-9-6-15-24(16-14-17-7-4-3-5-8-17)21(19)12-10-20(18)23(22)26-2/h3-5,7-8,11,13,19,21H,6,9-10,12,14-16H2,1-2H3. The molecule has 2 aromatic rings. The Morgan fingerprint density at radius 3 is 2.62 bits per heavy atom.